The Balaban J connectivity index is 2.15. The summed E-state index contributed by atoms with van der Waals surface area (Å²) in [6.45, 7) is 2.08. The van der Waals surface area contributed by atoms with Crippen LogP contribution in [0.15, 0.2) is 67.0 Å². The molecule has 0 spiro atoms. The van der Waals surface area contributed by atoms with E-state index in [0.29, 0.717) is 0 Å². The molecular weight excluding hydrogens is 232 g/mol. The van der Waals surface area contributed by atoms with Crippen molar-refractivity contribution in [3.05, 3.63) is 72.6 Å². The van der Waals surface area contributed by atoms with Crippen molar-refractivity contribution in [2.75, 3.05) is 0 Å². The normalized spacial score (nSPS) is 10.4. The zero-order valence-corrected chi connectivity index (χ0v) is 10.7. The van der Waals surface area contributed by atoms with Gasteiger partial charge in [0.1, 0.15) is 0 Å². The van der Waals surface area contributed by atoms with Crippen LogP contribution in [0, 0.1) is 6.92 Å². The summed E-state index contributed by atoms with van der Waals surface area (Å²) in [5.41, 5.74) is 5.28. The molecule has 0 unspecified atom stereocenters. The molecule has 0 radical (unpaired) electrons. The van der Waals surface area contributed by atoms with Crippen molar-refractivity contribution in [2.45, 2.75) is 6.92 Å². The van der Waals surface area contributed by atoms with Crippen LogP contribution in [0.1, 0.15) is 5.56 Å². The van der Waals surface area contributed by atoms with Gasteiger partial charge in [0.05, 0.1) is 11.4 Å². The van der Waals surface area contributed by atoms with Crippen LogP contribution in [-0.2, 0) is 0 Å². The van der Waals surface area contributed by atoms with Crippen molar-refractivity contribution in [2.24, 2.45) is 0 Å². The average molecular weight is 246 g/mol. The molecule has 19 heavy (non-hydrogen) atoms. The summed E-state index contributed by atoms with van der Waals surface area (Å²) >= 11 is 0. The van der Waals surface area contributed by atoms with Crippen LogP contribution in [0.4, 0.5) is 0 Å². The molecule has 2 heteroatoms. The Morgan fingerprint density at radius 1 is 0.632 bits per heavy atom. The quantitative estimate of drug-likeness (QED) is 0.679. The van der Waals surface area contributed by atoms with Gasteiger partial charge in [-0.3, -0.25) is 9.97 Å². The van der Waals surface area contributed by atoms with E-state index in [2.05, 4.69) is 53.3 Å². The van der Waals surface area contributed by atoms with Gasteiger partial charge >= 0.3 is 0 Å². The van der Waals surface area contributed by atoms with Crippen LogP contribution in [0.5, 0.6) is 0 Å². The molecule has 92 valence electrons. The van der Waals surface area contributed by atoms with Crippen LogP contribution >= 0.6 is 0 Å². The average Bonchev–Trinajstić information content (AvgIpc) is 2.49. The Kier molecular flexibility index (Phi) is 3.07. The summed E-state index contributed by atoms with van der Waals surface area (Å²) in [5, 5.41) is 0. The first kappa shape index (κ1) is 11.6. The van der Waals surface area contributed by atoms with E-state index >= 15 is 0 Å². The van der Waals surface area contributed by atoms with Gasteiger partial charge in [-0.25, -0.2) is 0 Å². The summed E-state index contributed by atoms with van der Waals surface area (Å²) in [4.78, 5) is 8.98. The first-order valence-electron chi connectivity index (χ1n) is 6.28. The summed E-state index contributed by atoms with van der Waals surface area (Å²) in [6.07, 6.45) is 3.47. The van der Waals surface area contributed by atoms with Gasteiger partial charge in [-0.1, -0.05) is 60.2 Å². The molecule has 0 aliphatic rings. The van der Waals surface area contributed by atoms with Crippen molar-refractivity contribution in [3.8, 4) is 22.5 Å². The van der Waals surface area contributed by atoms with Crippen molar-refractivity contribution in [3.63, 3.8) is 0 Å². The van der Waals surface area contributed by atoms with Gasteiger partial charge in [0.15, 0.2) is 0 Å². The van der Waals surface area contributed by atoms with Gasteiger partial charge in [0.2, 0.25) is 0 Å². The molecule has 0 atom stereocenters. The SMILES string of the molecule is Cc1ccc(-c2nccnc2-c2ccccc2)cc1. The second-order valence-corrected chi connectivity index (χ2v) is 4.49. The number of aryl methyl sites for hydroxylation is 1. The molecule has 0 fully saturated rings. The highest BCUT2D eigenvalue weighted by Gasteiger charge is 2.09. The highest BCUT2D eigenvalue weighted by atomic mass is 14.8. The van der Waals surface area contributed by atoms with Gasteiger partial charge in [-0.15, -0.1) is 0 Å². The minimum Gasteiger partial charge on any atom is -0.252 e. The monoisotopic (exact) mass is 246 g/mol. The molecule has 0 amide bonds. The zero-order valence-electron chi connectivity index (χ0n) is 10.7. The molecule has 0 saturated carbocycles. The van der Waals surface area contributed by atoms with Crippen LogP contribution in [0.25, 0.3) is 22.5 Å². The fraction of sp³-hybridized carbons (Fsp3) is 0.0588. The van der Waals surface area contributed by atoms with Crippen LogP contribution < -0.4 is 0 Å². The lowest BCUT2D eigenvalue weighted by Crippen LogP contribution is -1.92. The number of hydrogen-bond donors (Lipinski definition) is 0. The number of nitrogens with zero attached hydrogens (tertiary/aromatic N) is 2. The second-order valence-electron chi connectivity index (χ2n) is 4.49. The largest absolute Gasteiger partial charge is 0.252 e. The molecule has 0 bridgehead atoms. The summed E-state index contributed by atoms with van der Waals surface area (Å²) in [6, 6.07) is 18.5. The second kappa shape index (κ2) is 5.02. The van der Waals surface area contributed by atoms with Gasteiger partial charge < -0.3 is 0 Å². The maximum absolute atomic E-state index is 4.49. The molecule has 2 nitrogen and oxygen atoms in total. The minimum absolute atomic E-state index is 0.923. The van der Waals surface area contributed by atoms with E-state index in [-0.39, 0.29) is 0 Å². The third-order valence-corrected chi connectivity index (χ3v) is 3.07. The standard InChI is InChI=1S/C17H14N2/c1-13-7-9-15(10-8-13)17-16(18-11-12-19-17)14-5-3-2-4-6-14/h2-12H,1H3. The first-order chi connectivity index (χ1) is 9.34. The molecule has 1 heterocycles. The van der Waals surface area contributed by atoms with E-state index in [1.54, 1.807) is 12.4 Å². The number of rotatable bonds is 2. The third kappa shape index (κ3) is 2.38. The fourth-order valence-electron chi connectivity index (χ4n) is 2.07. The predicted molar refractivity (Wildman–Crippen MR) is 77.6 cm³/mol. The molecule has 0 aliphatic carbocycles. The van der Waals surface area contributed by atoms with E-state index < -0.39 is 0 Å². The van der Waals surface area contributed by atoms with E-state index in [1.165, 1.54) is 5.56 Å². The molecule has 3 rings (SSSR count). The first-order valence-corrected chi connectivity index (χ1v) is 6.28. The molecule has 1 aromatic heterocycles. The Morgan fingerprint density at radius 2 is 1.16 bits per heavy atom. The van der Waals surface area contributed by atoms with Crippen molar-refractivity contribution in [1.82, 2.24) is 9.97 Å². The molecule has 3 aromatic rings. The topological polar surface area (TPSA) is 25.8 Å². The maximum Gasteiger partial charge on any atom is 0.0965 e. The number of hydrogen-bond acceptors (Lipinski definition) is 2. The molecule has 0 aliphatic heterocycles. The van der Waals surface area contributed by atoms with Gasteiger partial charge in [-0.05, 0) is 6.92 Å². The Bertz CT molecular complexity index is 673. The molecule has 2 aromatic carbocycles. The zero-order chi connectivity index (χ0) is 13.1. The highest BCUT2D eigenvalue weighted by Crippen LogP contribution is 2.27. The van der Waals surface area contributed by atoms with Gasteiger partial charge in [0.25, 0.3) is 0 Å². The summed E-state index contributed by atoms with van der Waals surface area (Å²) in [7, 11) is 0. The molecule has 0 N–H and O–H groups in total. The highest BCUT2D eigenvalue weighted by molar-refractivity contribution is 5.77. The summed E-state index contributed by atoms with van der Waals surface area (Å²) in [5.74, 6) is 0. The summed E-state index contributed by atoms with van der Waals surface area (Å²) < 4.78 is 0. The van der Waals surface area contributed by atoms with Gasteiger partial charge in [-0.2, -0.15) is 0 Å². The van der Waals surface area contributed by atoms with E-state index in [4.69, 9.17) is 0 Å². The lowest BCUT2D eigenvalue weighted by Gasteiger charge is -2.07. The predicted octanol–water partition coefficient (Wildman–Crippen LogP) is 4.12. The van der Waals surface area contributed by atoms with Crippen LogP contribution in [0.3, 0.4) is 0 Å². The lowest BCUT2D eigenvalue weighted by atomic mass is 10.0. The van der Waals surface area contributed by atoms with Gasteiger partial charge in [0, 0.05) is 23.5 Å². The fourth-order valence-corrected chi connectivity index (χ4v) is 2.07. The van der Waals surface area contributed by atoms with Crippen molar-refractivity contribution < 1.29 is 0 Å². The lowest BCUT2D eigenvalue weighted by molar-refractivity contribution is 1.21. The van der Waals surface area contributed by atoms with Crippen LogP contribution in [-0.4, -0.2) is 9.97 Å². The Morgan fingerprint density at radius 3 is 1.74 bits per heavy atom. The van der Waals surface area contributed by atoms with E-state index in [9.17, 15) is 0 Å². The minimum atomic E-state index is 0.923. The molecule has 0 saturated heterocycles. The number of benzene rings is 2. The Labute approximate surface area is 112 Å². The smallest absolute Gasteiger partial charge is 0.0965 e. The van der Waals surface area contributed by atoms with Crippen molar-refractivity contribution in [1.29, 1.82) is 0 Å². The number of aromatic nitrogens is 2. The van der Waals surface area contributed by atoms with E-state index in [0.717, 1.165) is 22.5 Å². The Hall–Kier alpha value is -2.48. The maximum atomic E-state index is 4.49. The molecular formula is C17H14N2. The third-order valence-electron chi connectivity index (χ3n) is 3.07. The van der Waals surface area contributed by atoms with E-state index in [1.807, 2.05) is 18.2 Å². The van der Waals surface area contributed by atoms with Crippen LogP contribution in [0.2, 0.25) is 0 Å². The van der Waals surface area contributed by atoms with Crippen molar-refractivity contribution >= 4 is 0 Å².